The predicted octanol–water partition coefficient (Wildman–Crippen LogP) is 0.773. The Morgan fingerprint density at radius 3 is 2.65 bits per heavy atom. The van der Waals surface area contributed by atoms with E-state index in [-0.39, 0.29) is 6.54 Å². The molecule has 0 atom stereocenters. The van der Waals surface area contributed by atoms with Crippen LogP contribution in [0.25, 0.3) is 0 Å². The van der Waals surface area contributed by atoms with Crippen LogP contribution in [0.3, 0.4) is 0 Å². The third-order valence-corrected chi connectivity index (χ3v) is 3.40. The molecule has 1 N–H and O–H groups in total. The fraction of sp³-hybridized carbons (Fsp3) is 0.429. The second-order valence-corrected chi connectivity index (χ2v) is 4.65. The molecule has 106 valence electrons. The summed E-state index contributed by atoms with van der Waals surface area (Å²) >= 11 is 0. The van der Waals surface area contributed by atoms with Crippen LogP contribution >= 0.6 is 0 Å². The van der Waals surface area contributed by atoms with E-state index in [4.69, 9.17) is 9.84 Å². The van der Waals surface area contributed by atoms with Crippen LogP contribution in [0.1, 0.15) is 5.56 Å². The van der Waals surface area contributed by atoms with Gasteiger partial charge < -0.3 is 14.7 Å². The molecule has 1 aromatic carbocycles. The predicted molar refractivity (Wildman–Crippen MR) is 74.0 cm³/mol. The highest BCUT2D eigenvalue weighted by atomic mass is 16.5. The first-order valence-electron chi connectivity index (χ1n) is 6.41. The molecule has 1 aliphatic heterocycles. The number of piperazine rings is 1. The molecule has 1 fully saturated rings. The van der Waals surface area contributed by atoms with E-state index in [1.807, 2.05) is 11.0 Å². The lowest BCUT2D eigenvalue weighted by molar-refractivity contribution is -0.138. The maximum Gasteiger partial charge on any atom is 0.317 e. The van der Waals surface area contributed by atoms with E-state index in [0.717, 1.165) is 5.69 Å². The van der Waals surface area contributed by atoms with E-state index in [1.165, 1.54) is 0 Å². The van der Waals surface area contributed by atoms with Crippen molar-refractivity contribution in [1.29, 1.82) is 5.26 Å². The topological polar surface area (TPSA) is 76.8 Å². The molecular formula is C14H17N3O3. The fourth-order valence-corrected chi connectivity index (χ4v) is 2.33. The maximum absolute atomic E-state index is 10.7. The quantitative estimate of drug-likeness (QED) is 0.874. The zero-order valence-electron chi connectivity index (χ0n) is 11.4. The van der Waals surface area contributed by atoms with Gasteiger partial charge in [-0.15, -0.1) is 0 Å². The van der Waals surface area contributed by atoms with Crippen molar-refractivity contribution < 1.29 is 14.6 Å². The van der Waals surface area contributed by atoms with Crippen LogP contribution in [0.5, 0.6) is 5.75 Å². The summed E-state index contributed by atoms with van der Waals surface area (Å²) in [5.74, 6) is -0.0930. The van der Waals surface area contributed by atoms with Gasteiger partial charge >= 0.3 is 5.97 Å². The Hall–Kier alpha value is -2.26. The molecule has 2 rings (SSSR count). The Morgan fingerprint density at radius 2 is 2.10 bits per heavy atom. The first-order chi connectivity index (χ1) is 9.63. The first-order valence-corrected chi connectivity index (χ1v) is 6.41. The van der Waals surface area contributed by atoms with Gasteiger partial charge in [0.2, 0.25) is 0 Å². The number of carbonyl (C=O) groups is 1. The fourth-order valence-electron chi connectivity index (χ4n) is 2.33. The zero-order chi connectivity index (χ0) is 14.5. The van der Waals surface area contributed by atoms with Crippen LogP contribution < -0.4 is 9.64 Å². The minimum absolute atomic E-state index is 0.0665. The number of anilines is 1. The minimum Gasteiger partial charge on any atom is -0.497 e. The van der Waals surface area contributed by atoms with E-state index >= 15 is 0 Å². The molecule has 0 spiro atoms. The molecule has 0 bridgehead atoms. The number of ether oxygens (including phenoxy) is 1. The van der Waals surface area contributed by atoms with Gasteiger partial charge in [0.15, 0.2) is 0 Å². The van der Waals surface area contributed by atoms with E-state index in [2.05, 4.69) is 11.0 Å². The highest BCUT2D eigenvalue weighted by molar-refractivity contribution is 5.69. The summed E-state index contributed by atoms with van der Waals surface area (Å²) in [5, 5.41) is 18.0. The molecule has 1 aliphatic rings. The lowest BCUT2D eigenvalue weighted by atomic mass is 10.1. The van der Waals surface area contributed by atoms with E-state index in [1.54, 1.807) is 19.2 Å². The number of aliphatic carboxylic acids is 1. The smallest absolute Gasteiger partial charge is 0.317 e. The Bertz CT molecular complexity index is 531. The molecule has 6 heteroatoms. The summed E-state index contributed by atoms with van der Waals surface area (Å²) in [6, 6.07) is 7.55. The third kappa shape index (κ3) is 3.19. The van der Waals surface area contributed by atoms with Gasteiger partial charge in [0.1, 0.15) is 11.8 Å². The molecule has 6 nitrogen and oxygen atoms in total. The SMILES string of the molecule is COc1ccc(C#N)c(N2CCN(CC(=O)O)CC2)c1. The van der Waals surface area contributed by atoms with E-state index < -0.39 is 5.97 Å². The zero-order valence-corrected chi connectivity index (χ0v) is 11.4. The number of nitrogens with zero attached hydrogens (tertiary/aromatic N) is 3. The molecule has 0 aromatic heterocycles. The normalized spacial score (nSPS) is 15.7. The number of carboxylic acid groups (broad SMARTS) is 1. The van der Waals surface area contributed by atoms with Crippen LogP contribution in [0.2, 0.25) is 0 Å². The number of methoxy groups -OCH3 is 1. The van der Waals surface area contributed by atoms with Crippen LogP contribution in [-0.4, -0.2) is 55.8 Å². The van der Waals surface area contributed by atoms with Crippen molar-refractivity contribution in [3.05, 3.63) is 23.8 Å². The summed E-state index contributed by atoms with van der Waals surface area (Å²) in [4.78, 5) is 14.7. The van der Waals surface area contributed by atoms with E-state index in [0.29, 0.717) is 37.5 Å². The molecule has 0 unspecified atom stereocenters. The second-order valence-electron chi connectivity index (χ2n) is 4.65. The molecule has 0 amide bonds. The molecule has 1 heterocycles. The van der Waals surface area contributed by atoms with Gasteiger partial charge in [-0.25, -0.2) is 0 Å². The van der Waals surface area contributed by atoms with Gasteiger partial charge in [0, 0.05) is 32.2 Å². The Labute approximate surface area is 117 Å². The molecule has 1 saturated heterocycles. The Kier molecular flexibility index (Phi) is 4.43. The second kappa shape index (κ2) is 6.26. The van der Waals surface area contributed by atoms with Crippen molar-refractivity contribution in [2.24, 2.45) is 0 Å². The van der Waals surface area contributed by atoms with Crippen LogP contribution in [0.4, 0.5) is 5.69 Å². The van der Waals surface area contributed by atoms with Gasteiger partial charge in [0.05, 0.1) is 24.9 Å². The van der Waals surface area contributed by atoms with Gasteiger partial charge in [-0.2, -0.15) is 5.26 Å². The summed E-state index contributed by atoms with van der Waals surface area (Å²) in [7, 11) is 1.59. The molecule has 0 radical (unpaired) electrons. The van der Waals surface area contributed by atoms with Crippen molar-refractivity contribution in [2.45, 2.75) is 0 Å². The van der Waals surface area contributed by atoms with Crippen LogP contribution in [0.15, 0.2) is 18.2 Å². The van der Waals surface area contributed by atoms with Gasteiger partial charge in [-0.3, -0.25) is 9.69 Å². The van der Waals surface area contributed by atoms with Crippen molar-refractivity contribution in [3.63, 3.8) is 0 Å². The summed E-state index contributed by atoms with van der Waals surface area (Å²) in [6.45, 7) is 2.82. The first kappa shape index (κ1) is 14.2. The molecule has 20 heavy (non-hydrogen) atoms. The van der Waals surface area contributed by atoms with Crippen molar-refractivity contribution in [2.75, 3.05) is 44.7 Å². The number of nitriles is 1. The van der Waals surface area contributed by atoms with Gasteiger partial charge in [-0.05, 0) is 12.1 Å². The van der Waals surface area contributed by atoms with Gasteiger partial charge in [0.25, 0.3) is 0 Å². The van der Waals surface area contributed by atoms with Gasteiger partial charge in [-0.1, -0.05) is 0 Å². The number of benzene rings is 1. The maximum atomic E-state index is 10.7. The number of rotatable bonds is 4. The van der Waals surface area contributed by atoms with E-state index in [9.17, 15) is 10.1 Å². The van der Waals surface area contributed by atoms with Crippen LogP contribution in [-0.2, 0) is 4.79 Å². The Balaban J connectivity index is 2.10. The average Bonchev–Trinajstić information content (AvgIpc) is 2.46. The lowest BCUT2D eigenvalue weighted by Gasteiger charge is -2.35. The lowest BCUT2D eigenvalue weighted by Crippen LogP contribution is -2.48. The summed E-state index contributed by atoms with van der Waals surface area (Å²) < 4.78 is 5.19. The molecule has 1 aromatic rings. The third-order valence-electron chi connectivity index (χ3n) is 3.40. The summed E-state index contributed by atoms with van der Waals surface area (Å²) in [5.41, 5.74) is 1.46. The standard InChI is InChI=1S/C14H17N3O3/c1-20-12-3-2-11(9-15)13(8-12)17-6-4-16(5-7-17)10-14(18)19/h2-3,8H,4-7,10H2,1H3,(H,18,19). The highest BCUT2D eigenvalue weighted by Crippen LogP contribution is 2.26. The number of carboxylic acids is 1. The Morgan fingerprint density at radius 1 is 1.40 bits per heavy atom. The van der Waals surface area contributed by atoms with Crippen molar-refractivity contribution in [1.82, 2.24) is 4.90 Å². The molecular weight excluding hydrogens is 258 g/mol. The monoisotopic (exact) mass is 275 g/mol. The molecule has 0 aliphatic carbocycles. The highest BCUT2D eigenvalue weighted by Gasteiger charge is 2.21. The van der Waals surface area contributed by atoms with Crippen LogP contribution in [0, 0.1) is 11.3 Å². The molecule has 0 saturated carbocycles. The van der Waals surface area contributed by atoms with Crippen molar-refractivity contribution >= 4 is 11.7 Å². The summed E-state index contributed by atoms with van der Waals surface area (Å²) in [6.07, 6.45) is 0. The largest absolute Gasteiger partial charge is 0.497 e. The minimum atomic E-state index is -0.808. The average molecular weight is 275 g/mol. The van der Waals surface area contributed by atoms with Crippen molar-refractivity contribution in [3.8, 4) is 11.8 Å². The number of hydrogen-bond acceptors (Lipinski definition) is 5. The number of hydrogen-bond donors (Lipinski definition) is 1.